The van der Waals surface area contributed by atoms with Gasteiger partial charge in [-0.1, -0.05) is 115 Å². The molecule has 8 aromatic carbocycles. The van der Waals surface area contributed by atoms with Gasteiger partial charge in [-0.05, 0) is 113 Å². The third-order valence-corrected chi connectivity index (χ3v) is 12.5. The Morgan fingerprint density at radius 3 is 1.85 bits per heavy atom. The first-order chi connectivity index (χ1) is 26.1. The summed E-state index contributed by atoms with van der Waals surface area (Å²) in [6.45, 7) is 2.37. The molecule has 0 bridgehead atoms. The van der Waals surface area contributed by atoms with Crippen LogP contribution in [-0.4, -0.2) is 0 Å². The van der Waals surface area contributed by atoms with Gasteiger partial charge in [0.15, 0.2) is 0 Å². The van der Waals surface area contributed by atoms with Crippen molar-refractivity contribution in [1.82, 2.24) is 0 Å². The van der Waals surface area contributed by atoms with Crippen molar-refractivity contribution in [2.75, 3.05) is 4.90 Å². The molecule has 0 radical (unpaired) electrons. The van der Waals surface area contributed by atoms with Crippen LogP contribution in [-0.2, 0) is 5.41 Å². The summed E-state index contributed by atoms with van der Waals surface area (Å²) < 4.78 is 9.14. The van der Waals surface area contributed by atoms with Crippen molar-refractivity contribution in [3.63, 3.8) is 0 Å². The lowest BCUT2D eigenvalue weighted by Gasteiger charge is -2.28. The van der Waals surface area contributed by atoms with Crippen molar-refractivity contribution in [3.05, 3.63) is 199 Å². The van der Waals surface area contributed by atoms with E-state index in [1.807, 2.05) is 11.3 Å². The smallest absolute Gasteiger partial charge is 0.136 e. The van der Waals surface area contributed by atoms with E-state index in [0.29, 0.717) is 0 Å². The van der Waals surface area contributed by atoms with Crippen LogP contribution in [0.1, 0.15) is 23.6 Å². The highest BCUT2D eigenvalue weighted by molar-refractivity contribution is 7.25. The molecule has 11 rings (SSSR count). The van der Waals surface area contributed by atoms with E-state index in [1.54, 1.807) is 0 Å². The van der Waals surface area contributed by atoms with E-state index >= 15 is 0 Å². The minimum Gasteiger partial charge on any atom is -0.456 e. The fraction of sp³-hybridized carbons (Fsp3) is 0.0400. The number of rotatable bonds is 5. The number of hydrogen-bond acceptors (Lipinski definition) is 3. The number of thiophene rings is 1. The van der Waals surface area contributed by atoms with Gasteiger partial charge in [0.2, 0.25) is 0 Å². The molecule has 250 valence electrons. The Hall–Kier alpha value is -6.42. The Balaban J connectivity index is 0.961. The largest absolute Gasteiger partial charge is 0.456 e. The molecular weight excluding hydrogens is 663 g/mol. The van der Waals surface area contributed by atoms with Crippen LogP contribution >= 0.6 is 11.3 Å². The zero-order chi connectivity index (χ0) is 35.1. The molecule has 10 aromatic rings. The van der Waals surface area contributed by atoms with Crippen LogP contribution in [0.25, 0.3) is 64.4 Å². The second-order valence-corrected chi connectivity index (χ2v) is 15.3. The summed E-state index contributed by atoms with van der Waals surface area (Å²) in [6.07, 6.45) is 0. The van der Waals surface area contributed by atoms with Crippen molar-refractivity contribution in [2.45, 2.75) is 12.3 Å². The Morgan fingerprint density at radius 1 is 0.434 bits per heavy atom. The maximum Gasteiger partial charge on any atom is 0.136 e. The summed E-state index contributed by atoms with van der Waals surface area (Å²) in [4.78, 5) is 2.34. The molecule has 2 nitrogen and oxygen atoms in total. The van der Waals surface area contributed by atoms with Crippen molar-refractivity contribution in [3.8, 4) is 22.3 Å². The average Bonchev–Trinajstić information content (AvgIpc) is 3.86. The lowest BCUT2D eigenvalue weighted by molar-refractivity contribution is 0.667. The molecule has 0 saturated carbocycles. The second-order valence-electron chi connectivity index (χ2n) is 14.2. The molecule has 0 saturated heterocycles. The van der Waals surface area contributed by atoms with Gasteiger partial charge in [0, 0.05) is 53.4 Å². The predicted molar refractivity (Wildman–Crippen MR) is 224 cm³/mol. The van der Waals surface area contributed by atoms with Gasteiger partial charge in [0.05, 0.1) is 0 Å². The van der Waals surface area contributed by atoms with Gasteiger partial charge in [-0.25, -0.2) is 0 Å². The van der Waals surface area contributed by atoms with Gasteiger partial charge in [-0.2, -0.15) is 0 Å². The summed E-state index contributed by atoms with van der Waals surface area (Å²) in [5, 5.41) is 4.91. The zero-order valence-corrected chi connectivity index (χ0v) is 29.9. The van der Waals surface area contributed by atoms with Crippen LogP contribution in [0.3, 0.4) is 0 Å². The summed E-state index contributed by atoms with van der Waals surface area (Å²) in [6, 6.07) is 66.1. The van der Waals surface area contributed by atoms with E-state index in [0.717, 1.165) is 50.1 Å². The molecule has 0 aliphatic heterocycles. The third-order valence-electron chi connectivity index (χ3n) is 11.4. The summed E-state index contributed by atoms with van der Waals surface area (Å²) >= 11 is 1.85. The van der Waals surface area contributed by atoms with Gasteiger partial charge in [-0.15, -0.1) is 11.3 Å². The predicted octanol–water partition coefficient (Wildman–Crippen LogP) is 14.4. The fourth-order valence-electron chi connectivity index (χ4n) is 8.71. The first kappa shape index (κ1) is 30.2. The standard InChI is InChI=1S/C50H33NOS/c1-50(44-16-8-5-13-38(44)39-14-6-9-17-45(39)50)34-22-28-46-43(30-34)40-26-21-33(29-47(40)52-46)32-19-23-36(24-20-32)51(35-11-3-2-4-12-35)37-25-27-42-41-15-7-10-18-48(41)53-49(42)31-37/h2-31H,1H3. The van der Waals surface area contributed by atoms with Gasteiger partial charge < -0.3 is 9.32 Å². The monoisotopic (exact) mass is 695 g/mol. The van der Waals surface area contributed by atoms with Crippen LogP contribution in [0.15, 0.2) is 186 Å². The van der Waals surface area contributed by atoms with Crippen LogP contribution in [0.2, 0.25) is 0 Å². The molecule has 0 spiro atoms. The maximum atomic E-state index is 6.53. The van der Waals surface area contributed by atoms with E-state index in [4.69, 9.17) is 4.42 Å². The Kier molecular flexibility index (Phi) is 6.58. The average molecular weight is 696 g/mol. The normalized spacial score (nSPS) is 13.2. The minimum atomic E-state index is -0.246. The molecule has 3 heteroatoms. The highest BCUT2D eigenvalue weighted by atomic mass is 32.1. The lowest BCUT2D eigenvalue weighted by Crippen LogP contribution is -2.22. The van der Waals surface area contributed by atoms with E-state index in [1.165, 1.54) is 48.0 Å². The van der Waals surface area contributed by atoms with E-state index in [2.05, 4.69) is 194 Å². The van der Waals surface area contributed by atoms with Gasteiger partial charge in [-0.3, -0.25) is 0 Å². The number of nitrogens with zero attached hydrogens (tertiary/aromatic N) is 1. The van der Waals surface area contributed by atoms with Crippen molar-refractivity contribution >= 4 is 70.5 Å². The summed E-state index contributed by atoms with van der Waals surface area (Å²) in [5.41, 5.74) is 13.9. The third kappa shape index (κ3) is 4.57. The molecule has 0 fully saturated rings. The van der Waals surface area contributed by atoms with Crippen molar-refractivity contribution in [2.24, 2.45) is 0 Å². The highest BCUT2D eigenvalue weighted by Gasteiger charge is 2.40. The van der Waals surface area contributed by atoms with Crippen LogP contribution < -0.4 is 4.90 Å². The molecule has 1 aliphatic carbocycles. The Bertz CT molecular complexity index is 2980. The van der Waals surface area contributed by atoms with Crippen molar-refractivity contribution in [1.29, 1.82) is 0 Å². The zero-order valence-electron chi connectivity index (χ0n) is 29.1. The molecule has 0 unspecified atom stereocenters. The number of fused-ring (bicyclic) bond motifs is 9. The first-order valence-corrected chi connectivity index (χ1v) is 19.0. The molecule has 0 N–H and O–H groups in total. The van der Waals surface area contributed by atoms with Gasteiger partial charge in [0.1, 0.15) is 11.2 Å². The van der Waals surface area contributed by atoms with E-state index in [9.17, 15) is 0 Å². The minimum absolute atomic E-state index is 0.246. The Morgan fingerprint density at radius 2 is 1.06 bits per heavy atom. The molecule has 2 aromatic heterocycles. The first-order valence-electron chi connectivity index (χ1n) is 18.2. The number of anilines is 3. The maximum absolute atomic E-state index is 6.53. The molecule has 53 heavy (non-hydrogen) atoms. The molecule has 0 amide bonds. The summed E-state index contributed by atoms with van der Waals surface area (Å²) in [5.74, 6) is 0. The SMILES string of the molecule is CC1(c2ccc3oc4cc(-c5ccc(N(c6ccccc6)c6ccc7c(c6)sc6ccccc67)cc5)ccc4c3c2)c2ccccc2-c2ccccc21. The number of benzene rings is 8. The van der Waals surface area contributed by atoms with E-state index in [-0.39, 0.29) is 5.41 Å². The second kappa shape index (κ2) is 11.5. The quantitative estimate of drug-likeness (QED) is 0.178. The molecule has 2 heterocycles. The highest BCUT2D eigenvalue weighted by Crippen LogP contribution is 2.53. The fourth-order valence-corrected chi connectivity index (χ4v) is 9.85. The van der Waals surface area contributed by atoms with E-state index < -0.39 is 0 Å². The van der Waals surface area contributed by atoms with Gasteiger partial charge >= 0.3 is 0 Å². The lowest BCUT2D eigenvalue weighted by atomic mass is 9.74. The van der Waals surface area contributed by atoms with Crippen LogP contribution in [0, 0.1) is 0 Å². The molecule has 0 atom stereocenters. The number of furan rings is 1. The topological polar surface area (TPSA) is 16.4 Å². The molecular formula is C50H33NOS. The van der Waals surface area contributed by atoms with Crippen LogP contribution in [0.5, 0.6) is 0 Å². The van der Waals surface area contributed by atoms with Gasteiger partial charge in [0.25, 0.3) is 0 Å². The molecule has 1 aliphatic rings. The van der Waals surface area contributed by atoms with Crippen molar-refractivity contribution < 1.29 is 4.42 Å². The number of hydrogen-bond donors (Lipinski definition) is 0. The van der Waals surface area contributed by atoms with Crippen LogP contribution in [0.4, 0.5) is 17.1 Å². The number of para-hydroxylation sites is 1. The Labute approximate surface area is 311 Å². The summed E-state index contributed by atoms with van der Waals surface area (Å²) in [7, 11) is 0.